The van der Waals surface area contributed by atoms with Crippen molar-refractivity contribution in [2.75, 3.05) is 19.7 Å². The standard InChI is InChI=1S/C23H24N2O3/c1-16-22(25-23(28-16)18-5-3-2-4-6-18)11-12-27-20-9-7-17(8-10-20)21-14-24-13-19(21)15-26/h2-10,15,19,21,24H,11-14H2,1H3/t19-,21+/m0/s1. The number of carbonyl (C=O) groups is 1. The van der Waals surface area contributed by atoms with Crippen molar-refractivity contribution in [2.45, 2.75) is 19.3 Å². The summed E-state index contributed by atoms with van der Waals surface area (Å²) in [5, 5.41) is 3.28. The molecule has 1 aromatic heterocycles. The Hall–Kier alpha value is -2.92. The molecule has 2 atom stereocenters. The zero-order valence-corrected chi connectivity index (χ0v) is 15.9. The third kappa shape index (κ3) is 3.99. The van der Waals surface area contributed by atoms with E-state index in [1.54, 1.807) is 0 Å². The van der Waals surface area contributed by atoms with E-state index in [4.69, 9.17) is 9.15 Å². The van der Waals surface area contributed by atoms with Crippen molar-refractivity contribution in [3.63, 3.8) is 0 Å². The average Bonchev–Trinajstić information content (AvgIpc) is 3.36. The van der Waals surface area contributed by atoms with E-state index in [-0.39, 0.29) is 11.8 Å². The second-order valence-electron chi connectivity index (χ2n) is 7.12. The van der Waals surface area contributed by atoms with Crippen molar-refractivity contribution >= 4 is 6.29 Å². The molecular weight excluding hydrogens is 352 g/mol. The first-order valence-electron chi connectivity index (χ1n) is 9.65. The minimum Gasteiger partial charge on any atom is -0.493 e. The van der Waals surface area contributed by atoms with Gasteiger partial charge >= 0.3 is 0 Å². The molecule has 1 fully saturated rings. The van der Waals surface area contributed by atoms with Gasteiger partial charge < -0.3 is 19.3 Å². The number of nitrogens with zero attached hydrogens (tertiary/aromatic N) is 1. The van der Waals surface area contributed by atoms with Crippen LogP contribution in [0.15, 0.2) is 59.0 Å². The maximum atomic E-state index is 11.2. The molecule has 0 amide bonds. The molecule has 2 heterocycles. The highest BCUT2D eigenvalue weighted by molar-refractivity contribution is 5.57. The number of carbonyl (C=O) groups excluding carboxylic acids is 1. The zero-order valence-electron chi connectivity index (χ0n) is 15.9. The third-order valence-electron chi connectivity index (χ3n) is 5.27. The quantitative estimate of drug-likeness (QED) is 0.636. The van der Waals surface area contributed by atoms with Crippen LogP contribution in [0.4, 0.5) is 0 Å². The van der Waals surface area contributed by atoms with E-state index in [9.17, 15) is 4.79 Å². The molecule has 0 spiro atoms. The number of nitrogens with one attached hydrogen (secondary N) is 1. The summed E-state index contributed by atoms with van der Waals surface area (Å²) in [4.78, 5) is 15.8. The van der Waals surface area contributed by atoms with Gasteiger partial charge in [-0.3, -0.25) is 0 Å². The minimum absolute atomic E-state index is 0.0562. The van der Waals surface area contributed by atoms with Crippen molar-refractivity contribution in [3.05, 3.63) is 71.6 Å². The first-order chi connectivity index (χ1) is 13.7. The molecule has 3 aromatic rings. The normalized spacial score (nSPS) is 18.9. The number of aromatic nitrogens is 1. The molecule has 4 rings (SSSR count). The van der Waals surface area contributed by atoms with Crippen LogP contribution < -0.4 is 10.1 Å². The fraction of sp³-hybridized carbons (Fsp3) is 0.304. The van der Waals surface area contributed by atoms with Gasteiger partial charge in [0.2, 0.25) is 5.89 Å². The monoisotopic (exact) mass is 376 g/mol. The lowest BCUT2D eigenvalue weighted by atomic mass is 9.90. The summed E-state index contributed by atoms with van der Waals surface area (Å²) >= 11 is 0. The molecule has 2 aromatic carbocycles. The van der Waals surface area contributed by atoms with Crippen molar-refractivity contribution in [2.24, 2.45) is 5.92 Å². The molecule has 0 radical (unpaired) electrons. The van der Waals surface area contributed by atoms with E-state index in [2.05, 4.69) is 22.4 Å². The summed E-state index contributed by atoms with van der Waals surface area (Å²) in [6.45, 7) is 4.07. The topological polar surface area (TPSA) is 64.4 Å². The summed E-state index contributed by atoms with van der Waals surface area (Å²) in [6, 6.07) is 17.9. The second-order valence-corrected chi connectivity index (χ2v) is 7.12. The van der Waals surface area contributed by atoms with Gasteiger partial charge in [-0.2, -0.15) is 0 Å². The Morgan fingerprint density at radius 2 is 1.93 bits per heavy atom. The Balaban J connectivity index is 1.34. The Morgan fingerprint density at radius 3 is 2.68 bits per heavy atom. The van der Waals surface area contributed by atoms with Crippen LogP contribution in [0.2, 0.25) is 0 Å². The lowest BCUT2D eigenvalue weighted by molar-refractivity contribution is -0.110. The average molecular weight is 376 g/mol. The smallest absolute Gasteiger partial charge is 0.226 e. The van der Waals surface area contributed by atoms with Crippen LogP contribution in [0.3, 0.4) is 0 Å². The molecule has 0 bridgehead atoms. The molecule has 5 heteroatoms. The summed E-state index contributed by atoms with van der Waals surface area (Å²) in [5.74, 6) is 2.60. The van der Waals surface area contributed by atoms with Crippen molar-refractivity contribution < 1.29 is 13.9 Å². The van der Waals surface area contributed by atoms with Crippen LogP contribution in [0.1, 0.15) is 22.9 Å². The van der Waals surface area contributed by atoms with Gasteiger partial charge in [-0.05, 0) is 36.8 Å². The first-order valence-corrected chi connectivity index (χ1v) is 9.65. The first kappa shape index (κ1) is 18.4. The Labute approximate surface area is 164 Å². The molecule has 1 saturated heterocycles. The van der Waals surface area contributed by atoms with Gasteiger partial charge in [-0.25, -0.2) is 4.98 Å². The van der Waals surface area contributed by atoms with Crippen LogP contribution in [-0.4, -0.2) is 31.0 Å². The summed E-state index contributed by atoms with van der Waals surface area (Å²) < 4.78 is 11.7. The van der Waals surface area contributed by atoms with Gasteiger partial charge in [0.25, 0.3) is 0 Å². The van der Waals surface area contributed by atoms with Gasteiger partial charge in [0.05, 0.1) is 12.3 Å². The van der Waals surface area contributed by atoms with Crippen LogP contribution in [-0.2, 0) is 11.2 Å². The molecule has 0 aliphatic carbocycles. The van der Waals surface area contributed by atoms with Crippen molar-refractivity contribution in [1.29, 1.82) is 0 Å². The van der Waals surface area contributed by atoms with E-state index < -0.39 is 0 Å². The van der Waals surface area contributed by atoms with E-state index in [1.807, 2.05) is 49.4 Å². The molecule has 0 saturated carbocycles. The second kappa shape index (κ2) is 8.40. The predicted octanol–water partition coefficient (Wildman–Crippen LogP) is 3.77. The highest BCUT2D eigenvalue weighted by Gasteiger charge is 2.27. The van der Waals surface area contributed by atoms with Gasteiger partial charge in [-0.15, -0.1) is 0 Å². The van der Waals surface area contributed by atoms with E-state index in [0.29, 0.717) is 18.9 Å². The number of ether oxygens (including phenoxy) is 1. The van der Waals surface area contributed by atoms with E-state index in [1.165, 1.54) is 5.56 Å². The number of rotatable bonds is 7. The molecule has 144 valence electrons. The Kier molecular flexibility index (Phi) is 5.53. The lowest BCUT2D eigenvalue weighted by Gasteiger charge is -2.14. The van der Waals surface area contributed by atoms with Crippen molar-refractivity contribution in [3.8, 4) is 17.2 Å². The highest BCUT2D eigenvalue weighted by Crippen LogP contribution is 2.28. The number of aldehydes is 1. The Morgan fingerprint density at radius 1 is 1.14 bits per heavy atom. The third-order valence-corrected chi connectivity index (χ3v) is 5.27. The Bertz CT molecular complexity index is 919. The molecule has 1 aliphatic rings. The molecule has 1 aliphatic heterocycles. The fourth-order valence-electron chi connectivity index (χ4n) is 3.65. The molecule has 0 unspecified atom stereocenters. The largest absolute Gasteiger partial charge is 0.493 e. The number of aryl methyl sites for hydroxylation is 1. The number of hydrogen-bond acceptors (Lipinski definition) is 5. The number of benzene rings is 2. The number of hydrogen-bond donors (Lipinski definition) is 1. The van der Waals surface area contributed by atoms with Crippen LogP contribution >= 0.6 is 0 Å². The molecule has 28 heavy (non-hydrogen) atoms. The lowest BCUT2D eigenvalue weighted by Crippen LogP contribution is -2.11. The number of oxazole rings is 1. The molecule has 5 nitrogen and oxygen atoms in total. The summed E-state index contributed by atoms with van der Waals surface area (Å²) in [5.41, 5.74) is 3.07. The summed E-state index contributed by atoms with van der Waals surface area (Å²) in [6.07, 6.45) is 1.74. The predicted molar refractivity (Wildman–Crippen MR) is 107 cm³/mol. The van der Waals surface area contributed by atoms with Crippen LogP contribution in [0, 0.1) is 12.8 Å². The maximum Gasteiger partial charge on any atom is 0.226 e. The SMILES string of the molecule is Cc1oc(-c2ccccc2)nc1CCOc1ccc([C@H]2CNC[C@H]2C=O)cc1. The van der Waals surface area contributed by atoms with Gasteiger partial charge in [0.1, 0.15) is 17.8 Å². The maximum absolute atomic E-state index is 11.2. The minimum atomic E-state index is 0.0562. The van der Waals surface area contributed by atoms with Gasteiger partial charge in [0, 0.05) is 36.9 Å². The van der Waals surface area contributed by atoms with E-state index in [0.717, 1.165) is 42.1 Å². The molecular formula is C23H24N2O3. The molecule has 1 N–H and O–H groups in total. The summed E-state index contributed by atoms with van der Waals surface area (Å²) in [7, 11) is 0. The van der Waals surface area contributed by atoms with Gasteiger partial charge in [-0.1, -0.05) is 30.3 Å². The van der Waals surface area contributed by atoms with Crippen molar-refractivity contribution in [1.82, 2.24) is 10.3 Å². The van der Waals surface area contributed by atoms with Crippen LogP contribution in [0.5, 0.6) is 5.75 Å². The van der Waals surface area contributed by atoms with Crippen LogP contribution in [0.25, 0.3) is 11.5 Å². The zero-order chi connectivity index (χ0) is 19.3. The highest BCUT2D eigenvalue weighted by atomic mass is 16.5. The fourth-order valence-corrected chi connectivity index (χ4v) is 3.65. The van der Waals surface area contributed by atoms with Gasteiger partial charge in [0.15, 0.2) is 0 Å². The van der Waals surface area contributed by atoms with E-state index >= 15 is 0 Å².